The summed E-state index contributed by atoms with van der Waals surface area (Å²) in [4.78, 5) is 40.2. The van der Waals surface area contributed by atoms with Crippen LogP contribution in [0, 0.1) is 11.8 Å². The molecule has 5 aliphatic rings. The van der Waals surface area contributed by atoms with Gasteiger partial charge in [0.25, 0.3) is 0 Å². The normalized spacial score (nSPS) is 30.5. The molecule has 37 heavy (non-hydrogen) atoms. The lowest BCUT2D eigenvalue weighted by molar-refractivity contribution is -0.171. The molecule has 0 radical (unpaired) electrons. The Morgan fingerprint density at radius 1 is 1.22 bits per heavy atom. The van der Waals surface area contributed by atoms with Gasteiger partial charge in [0.2, 0.25) is 0 Å². The number of ketones is 2. The van der Waals surface area contributed by atoms with E-state index in [1.54, 1.807) is 18.2 Å². The van der Waals surface area contributed by atoms with E-state index in [4.69, 9.17) is 18.9 Å². The minimum Gasteiger partial charge on any atom is -0.484 e. The molecule has 196 valence electrons. The van der Waals surface area contributed by atoms with E-state index in [-0.39, 0.29) is 34.5 Å². The molecule has 0 amide bonds. The van der Waals surface area contributed by atoms with Crippen LogP contribution in [0.5, 0.6) is 17.2 Å². The molecule has 2 heterocycles. The van der Waals surface area contributed by atoms with Gasteiger partial charge in [-0.3, -0.25) is 14.4 Å². The highest BCUT2D eigenvalue weighted by Gasteiger charge is 2.81. The van der Waals surface area contributed by atoms with Crippen LogP contribution in [0.2, 0.25) is 0 Å². The molecule has 0 aromatic heterocycles. The zero-order chi connectivity index (χ0) is 27.1. The Kier molecular flexibility index (Phi) is 5.44. The van der Waals surface area contributed by atoms with Crippen molar-refractivity contribution in [2.24, 2.45) is 11.8 Å². The molecule has 1 saturated carbocycles. The molecule has 1 aromatic carbocycles. The molecule has 3 aliphatic carbocycles. The fraction of sp³-hybridized carbons (Fsp3) is 0.500. The van der Waals surface area contributed by atoms with Gasteiger partial charge in [0.1, 0.15) is 28.4 Å². The van der Waals surface area contributed by atoms with Gasteiger partial charge < -0.3 is 18.9 Å². The topological polar surface area (TPSA) is 88.1 Å². The van der Waals surface area contributed by atoms with Crippen molar-refractivity contribution in [3.63, 3.8) is 0 Å². The van der Waals surface area contributed by atoms with Crippen LogP contribution in [0.1, 0.15) is 71.7 Å². The van der Waals surface area contributed by atoms with Crippen molar-refractivity contribution < 1.29 is 33.3 Å². The van der Waals surface area contributed by atoms with E-state index in [1.165, 1.54) is 13.0 Å². The van der Waals surface area contributed by atoms with Crippen molar-refractivity contribution in [1.29, 1.82) is 0 Å². The third kappa shape index (κ3) is 3.46. The predicted molar refractivity (Wildman–Crippen MR) is 137 cm³/mol. The Bertz CT molecular complexity index is 1310. The monoisotopic (exact) mass is 506 g/mol. The molecule has 1 saturated heterocycles. The van der Waals surface area contributed by atoms with Crippen molar-refractivity contribution >= 4 is 17.5 Å². The first-order chi connectivity index (χ1) is 17.2. The highest BCUT2D eigenvalue weighted by molar-refractivity contribution is 6.18. The maximum atomic E-state index is 14.2. The number of hydrogen-bond acceptors (Lipinski definition) is 7. The Hall–Kier alpha value is -3.19. The average Bonchev–Trinajstić information content (AvgIpc) is 2.94. The summed E-state index contributed by atoms with van der Waals surface area (Å²) in [6, 6.07) is 3.15. The first-order valence-electron chi connectivity index (χ1n) is 12.7. The van der Waals surface area contributed by atoms with Gasteiger partial charge in [0, 0.05) is 42.9 Å². The Labute approximate surface area is 217 Å². The first kappa shape index (κ1) is 25.5. The molecule has 7 heteroatoms. The van der Waals surface area contributed by atoms with Gasteiger partial charge in [-0.1, -0.05) is 24.3 Å². The van der Waals surface area contributed by atoms with Gasteiger partial charge in [-0.05, 0) is 54.0 Å². The first-order valence-corrected chi connectivity index (χ1v) is 12.7. The molecule has 2 fully saturated rings. The van der Waals surface area contributed by atoms with Gasteiger partial charge in [0.15, 0.2) is 22.8 Å². The summed E-state index contributed by atoms with van der Waals surface area (Å²) in [7, 11) is 0. The molecule has 1 aromatic rings. The average molecular weight is 507 g/mol. The third-order valence-corrected chi connectivity index (χ3v) is 8.07. The third-order valence-electron chi connectivity index (χ3n) is 8.07. The number of ether oxygens (including phenoxy) is 4. The molecule has 3 unspecified atom stereocenters. The standard InChI is InChI=1S/C30H34O7/c1-9-27(5,6)35-19-14-21(34-17(4)31)24-22(15-19)36-30-20(25(24)32)12-18-13-23(30)28(7,8)37-29(30,26(18)33)11-10-16(2)3/h9-10,12,14-15,18,23H,1,11,13H2,2-8H3/t18?,23-,29?,30?/m0/s1. The van der Waals surface area contributed by atoms with E-state index < -0.39 is 34.3 Å². The fourth-order valence-corrected chi connectivity index (χ4v) is 6.50. The van der Waals surface area contributed by atoms with Crippen LogP contribution in [-0.4, -0.2) is 39.9 Å². The van der Waals surface area contributed by atoms with E-state index >= 15 is 0 Å². The van der Waals surface area contributed by atoms with Crippen LogP contribution in [0.3, 0.4) is 0 Å². The van der Waals surface area contributed by atoms with Gasteiger partial charge >= 0.3 is 5.97 Å². The van der Waals surface area contributed by atoms with Crippen LogP contribution in [-0.2, 0) is 14.3 Å². The highest BCUT2D eigenvalue weighted by Crippen LogP contribution is 2.67. The molecule has 4 atom stereocenters. The largest absolute Gasteiger partial charge is 0.484 e. The highest BCUT2D eigenvalue weighted by atomic mass is 16.6. The molecular formula is C30H34O7. The van der Waals surface area contributed by atoms with Crippen molar-refractivity contribution in [3.05, 3.63) is 53.6 Å². The maximum absolute atomic E-state index is 14.2. The van der Waals surface area contributed by atoms with Gasteiger partial charge in [-0.2, -0.15) is 0 Å². The van der Waals surface area contributed by atoms with Crippen LogP contribution >= 0.6 is 0 Å². The zero-order valence-corrected chi connectivity index (χ0v) is 22.5. The van der Waals surface area contributed by atoms with E-state index in [1.807, 2.05) is 47.6 Å². The minimum absolute atomic E-state index is 0.0549. The Balaban J connectivity index is 1.76. The second-order valence-electron chi connectivity index (χ2n) is 11.8. The zero-order valence-electron chi connectivity index (χ0n) is 22.5. The second-order valence-corrected chi connectivity index (χ2v) is 11.8. The van der Waals surface area contributed by atoms with E-state index in [2.05, 4.69) is 6.58 Å². The molecule has 6 rings (SSSR count). The molecule has 1 spiro atoms. The second kappa shape index (κ2) is 7.90. The number of carbonyl (C=O) groups excluding carboxylic acids is 3. The molecule has 4 bridgehead atoms. The summed E-state index contributed by atoms with van der Waals surface area (Å²) in [6.45, 7) is 16.6. The lowest BCUT2D eigenvalue weighted by Crippen LogP contribution is -2.72. The molecule has 2 aliphatic heterocycles. The van der Waals surface area contributed by atoms with Crippen LogP contribution in [0.4, 0.5) is 0 Å². The van der Waals surface area contributed by atoms with Crippen LogP contribution < -0.4 is 14.2 Å². The molecule has 7 nitrogen and oxygen atoms in total. The smallest absolute Gasteiger partial charge is 0.308 e. The SMILES string of the molecule is C=CC(C)(C)Oc1cc(OC(C)=O)c2c(c1)OC13C(=CC4C[C@H]1C(C)(C)OC3(CC=C(C)C)C4=O)C2=O. The molecular weight excluding hydrogens is 472 g/mol. The van der Waals surface area contributed by atoms with Crippen molar-refractivity contribution in [1.82, 2.24) is 0 Å². The van der Waals surface area contributed by atoms with E-state index in [0.717, 1.165) is 5.57 Å². The van der Waals surface area contributed by atoms with Crippen molar-refractivity contribution in [2.75, 3.05) is 0 Å². The van der Waals surface area contributed by atoms with Crippen molar-refractivity contribution in [3.8, 4) is 17.2 Å². The lowest BCUT2D eigenvalue weighted by atomic mass is 9.51. The predicted octanol–water partition coefficient (Wildman–Crippen LogP) is 5.32. The number of allylic oxidation sites excluding steroid dienone is 2. The van der Waals surface area contributed by atoms with Gasteiger partial charge in [-0.25, -0.2) is 0 Å². The quantitative estimate of drug-likeness (QED) is 0.293. The Morgan fingerprint density at radius 3 is 2.54 bits per heavy atom. The minimum atomic E-state index is -1.35. The summed E-state index contributed by atoms with van der Waals surface area (Å²) in [6.07, 6.45) is 6.20. The number of benzene rings is 1. The summed E-state index contributed by atoms with van der Waals surface area (Å²) >= 11 is 0. The summed E-state index contributed by atoms with van der Waals surface area (Å²) < 4.78 is 25.1. The Morgan fingerprint density at radius 2 is 1.92 bits per heavy atom. The maximum Gasteiger partial charge on any atom is 0.308 e. The van der Waals surface area contributed by atoms with Crippen molar-refractivity contribution in [2.45, 2.75) is 83.7 Å². The summed E-state index contributed by atoms with van der Waals surface area (Å²) in [5.74, 6) is -1.04. The summed E-state index contributed by atoms with van der Waals surface area (Å²) in [5.41, 5.74) is -2.52. The summed E-state index contributed by atoms with van der Waals surface area (Å²) in [5, 5.41) is 0. The molecule has 0 N–H and O–H groups in total. The van der Waals surface area contributed by atoms with E-state index in [9.17, 15) is 14.4 Å². The number of Topliss-reactive ketones (excluding diaryl/α,β-unsaturated/α-hetero) is 2. The van der Waals surface area contributed by atoms with Gasteiger partial charge in [-0.15, -0.1) is 0 Å². The number of carbonyl (C=O) groups is 3. The fourth-order valence-electron chi connectivity index (χ4n) is 6.50. The number of hydrogen-bond donors (Lipinski definition) is 0. The lowest BCUT2D eigenvalue weighted by Gasteiger charge is -2.56. The van der Waals surface area contributed by atoms with Gasteiger partial charge in [0.05, 0.1) is 5.60 Å². The number of rotatable bonds is 6. The van der Waals surface area contributed by atoms with Crippen LogP contribution in [0.25, 0.3) is 0 Å². The van der Waals surface area contributed by atoms with E-state index in [0.29, 0.717) is 24.2 Å². The van der Waals surface area contributed by atoms with Crippen LogP contribution in [0.15, 0.2) is 48.1 Å². The number of fused-ring (bicyclic) bond motifs is 1. The number of esters is 1.